The van der Waals surface area contributed by atoms with Gasteiger partial charge >= 0.3 is 25.7 Å². The Morgan fingerprint density at radius 1 is 0.403 bits per heavy atom. The second-order valence-corrected chi connectivity index (χ2v) is 19.4. The van der Waals surface area contributed by atoms with Crippen molar-refractivity contribution in [1.82, 2.24) is 0 Å². The van der Waals surface area contributed by atoms with Gasteiger partial charge < -0.3 is 24.2 Å². The molecule has 410 valence electrons. The van der Waals surface area contributed by atoms with E-state index in [0.29, 0.717) is 19.3 Å². The highest BCUT2D eigenvalue weighted by atomic mass is 31.2. The summed E-state index contributed by atoms with van der Waals surface area (Å²) in [6.07, 6.45) is 63.4. The fraction of sp³-hybridized carbons (Fsp3) is 0.650. The number of ether oxygens (including phenoxy) is 3. The molecule has 11 nitrogen and oxygen atoms in total. The quantitative estimate of drug-likeness (QED) is 0.0197. The number of unbranched alkanes of at least 4 members (excludes halogenated alkanes) is 15. The van der Waals surface area contributed by atoms with Gasteiger partial charge in [0.15, 0.2) is 6.10 Å². The number of allylic oxidation sites excluding steroid dienone is 18. The van der Waals surface area contributed by atoms with Crippen LogP contribution in [0, 0.1) is 0 Å². The van der Waals surface area contributed by atoms with E-state index >= 15 is 0 Å². The number of hydrogen-bond acceptors (Lipinski definition) is 10. The van der Waals surface area contributed by atoms with Crippen molar-refractivity contribution in [2.45, 2.75) is 226 Å². The molecule has 0 radical (unpaired) electrons. The Balaban J connectivity index is 4.77. The van der Waals surface area contributed by atoms with Crippen LogP contribution in [0.25, 0.3) is 0 Å². The first kappa shape index (κ1) is 68.1. The molecule has 2 N–H and O–H groups in total. The molecule has 3 atom stereocenters. The van der Waals surface area contributed by atoms with Gasteiger partial charge in [0.25, 0.3) is 0 Å². The van der Waals surface area contributed by atoms with E-state index in [9.17, 15) is 28.9 Å². The summed E-state index contributed by atoms with van der Waals surface area (Å²) in [5.41, 5.74) is 0. The van der Waals surface area contributed by atoms with Crippen LogP contribution >= 0.6 is 7.82 Å². The molecule has 0 rings (SSSR count). The van der Waals surface area contributed by atoms with Crippen molar-refractivity contribution in [2.24, 2.45) is 0 Å². The first-order valence-electron chi connectivity index (χ1n) is 27.8. The van der Waals surface area contributed by atoms with Crippen LogP contribution in [0.4, 0.5) is 0 Å². The van der Waals surface area contributed by atoms with Crippen molar-refractivity contribution < 1.29 is 52.2 Å². The van der Waals surface area contributed by atoms with E-state index in [1.807, 2.05) is 0 Å². The number of rotatable bonds is 50. The summed E-state index contributed by atoms with van der Waals surface area (Å²) in [6, 6.07) is 0. The molecule has 3 unspecified atom stereocenters. The van der Waals surface area contributed by atoms with Gasteiger partial charge in [-0.2, -0.15) is 0 Å². The third kappa shape index (κ3) is 51.1. The molecule has 0 bridgehead atoms. The second kappa shape index (κ2) is 53.4. The molecule has 12 heteroatoms. The number of aliphatic hydroxyl groups excluding tert-OH is 1. The maximum absolute atomic E-state index is 12.9. The fourth-order valence-corrected chi connectivity index (χ4v) is 7.75. The molecule has 0 aliphatic carbocycles. The zero-order chi connectivity index (χ0) is 52.7. The fourth-order valence-electron chi connectivity index (χ4n) is 6.96. The van der Waals surface area contributed by atoms with E-state index in [1.165, 1.54) is 12.8 Å². The SMILES string of the molecule is CC/C=C\C/C=C\C/C=C\C/C=C\CCCCCCC(=O)OC(CO)COP(=O)(O)OCC(COC(=O)CCCCCCC/C=C\CCCC)OC(=O)CCCCCC/C=C\C/C=C\C/C=C\C/C=C\CC. The molecule has 0 aromatic rings. The molecule has 72 heavy (non-hydrogen) atoms. The van der Waals surface area contributed by atoms with Gasteiger partial charge in [-0.1, -0.05) is 188 Å². The average Bonchev–Trinajstić information content (AvgIpc) is 3.37. The first-order valence-corrected chi connectivity index (χ1v) is 29.3. The predicted molar refractivity (Wildman–Crippen MR) is 297 cm³/mol. The highest BCUT2D eigenvalue weighted by molar-refractivity contribution is 7.47. The molecule has 0 heterocycles. The van der Waals surface area contributed by atoms with Gasteiger partial charge in [-0.05, 0) is 116 Å². The Morgan fingerprint density at radius 2 is 0.722 bits per heavy atom. The number of carbonyl (C=O) groups excluding carboxylic acids is 3. The molecule has 0 aromatic heterocycles. The largest absolute Gasteiger partial charge is 0.472 e. The number of hydrogen-bond donors (Lipinski definition) is 2. The minimum atomic E-state index is -4.77. The normalized spacial score (nSPS) is 14.2. The lowest BCUT2D eigenvalue weighted by molar-refractivity contribution is -0.161. The van der Waals surface area contributed by atoms with Crippen LogP contribution in [0.2, 0.25) is 0 Å². The van der Waals surface area contributed by atoms with Crippen molar-refractivity contribution in [1.29, 1.82) is 0 Å². The molecule has 0 amide bonds. The summed E-state index contributed by atoms with van der Waals surface area (Å²) in [5, 5.41) is 9.80. The average molecular weight is 1030 g/mol. The number of carbonyl (C=O) groups is 3. The van der Waals surface area contributed by atoms with Crippen LogP contribution in [0.3, 0.4) is 0 Å². The van der Waals surface area contributed by atoms with Crippen molar-refractivity contribution >= 4 is 25.7 Å². The zero-order valence-corrected chi connectivity index (χ0v) is 46.0. The summed E-state index contributed by atoms with van der Waals surface area (Å²) in [4.78, 5) is 48.4. The van der Waals surface area contributed by atoms with Crippen LogP contribution in [0.5, 0.6) is 0 Å². The van der Waals surface area contributed by atoms with Crippen LogP contribution in [-0.2, 0) is 42.2 Å². The van der Waals surface area contributed by atoms with Crippen molar-refractivity contribution in [3.63, 3.8) is 0 Å². The van der Waals surface area contributed by atoms with E-state index in [-0.39, 0.29) is 25.9 Å². The highest BCUT2D eigenvalue weighted by Crippen LogP contribution is 2.43. The Kier molecular flexibility index (Phi) is 50.6. The zero-order valence-electron chi connectivity index (χ0n) is 45.1. The van der Waals surface area contributed by atoms with Gasteiger partial charge in [-0.25, -0.2) is 4.57 Å². The molecule has 0 spiro atoms. The maximum atomic E-state index is 12.9. The van der Waals surface area contributed by atoms with E-state index in [4.69, 9.17) is 23.3 Å². The van der Waals surface area contributed by atoms with Crippen molar-refractivity contribution in [3.05, 3.63) is 109 Å². The minimum Gasteiger partial charge on any atom is -0.462 e. The van der Waals surface area contributed by atoms with Gasteiger partial charge in [-0.3, -0.25) is 23.4 Å². The van der Waals surface area contributed by atoms with E-state index in [1.54, 1.807) is 0 Å². The van der Waals surface area contributed by atoms with Crippen LogP contribution in [-0.4, -0.2) is 66.5 Å². The highest BCUT2D eigenvalue weighted by Gasteiger charge is 2.28. The summed E-state index contributed by atoms with van der Waals surface area (Å²) in [5.74, 6) is -1.54. The topological polar surface area (TPSA) is 155 Å². The van der Waals surface area contributed by atoms with Gasteiger partial charge in [0.1, 0.15) is 12.7 Å². The number of aliphatic hydroxyl groups is 1. The van der Waals surface area contributed by atoms with Crippen molar-refractivity contribution in [3.8, 4) is 0 Å². The maximum Gasteiger partial charge on any atom is 0.472 e. The molecule has 0 fully saturated rings. The smallest absolute Gasteiger partial charge is 0.462 e. The van der Waals surface area contributed by atoms with Crippen LogP contribution in [0.1, 0.15) is 213 Å². The molecule has 0 saturated heterocycles. The Hall–Kier alpha value is -3.86. The van der Waals surface area contributed by atoms with E-state index in [2.05, 4.69) is 130 Å². The van der Waals surface area contributed by atoms with Gasteiger partial charge in [0.05, 0.1) is 19.8 Å². The van der Waals surface area contributed by atoms with Crippen molar-refractivity contribution in [2.75, 3.05) is 26.4 Å². The van der Waals surface area contributed by atoms with Crippen LogP contribution in [0.15, 0.2) is 109 Å². The van der Waals surface area contributed by atoms with Gasteiger partial charge in [0.2, 0.25) is 0 Å². The monoisotopic (exact) mass is 1030 g/mol. The first-order chi connectivity index (χ1) is 35.2. The lowest BCUT2D eigenvalue weighted by Crippen LogP contribution is -2.30. The summed E-state index contributed by atoms with van der Waals surface area (Å²) < 4.78 is 39.4. The lowest BCUT2D eigenvalue weighted by atomic mass is 10.1. The number of phosphoric acid groups is 1. The van der Waals surface area contributed by atoms with Gasteiger partial charge in [-0.15, -0.1) is 0 Å². The number of esters is 3. The standard InChI is InChI=1S/C60H99O11P/c1-4-7-10-13-16-19-22-24-26-28-30-32-35-38-41-44-47-50-59(63)70-56(52-61)54-68-72(65,66)69-55-57(53-67-58(62)49-46-43-40-37-34-21-18-15-12-9-6-3)71-60(64)51-48-45-42-39-36-33-31-29-27-25-23-20-17-14-11-8-5-2/h7-8,10-11,15-20,24-27,30-33,56-57,61H,4-6,9,12-14,21-23,28-29,34-55H2,1-3H3,(H,65,66)/b10-7-,11-8-,18-15-,19-16-,20-17-,26-24-,27-25-,32-30-,33-31-. The van der Waals surface area contributed by atoms with Gasteiger partial charge in [0, 0.05) is 19.3 Å². The lowest BCUT2D eigenvalue weighted by Gasteiger charge is -2.21. The van der Waals surface area contributed by atoms with E-state index < -0.39 is 57.8 Å². The molecular weight excluding hydrogens is 928 g/mol. The second-order valence-electron chi connectivity index (χ2n) is 18.0. The molecule has 0 aliphatic heterocycles. The summed E-state index contributed by atoms with van der Waals surface area (Å²) in [7, 11) is -4.77. The summed E-state index contributed by atoms with van der Waals surface area (Å²) in [6.45, 7) is 4.29. The van der Waals surface area contributed by atoms with E-state index in [0.717, 1.165) is 141 Å². The predicted octanol–water partition coefficient (Wildman–Crippen LogP) is 16.2. The summed E-state index contributed by atoms with van der Waals surface area (Å²) >= 11 is 0. The molecule has 0 aliphatic rings. The molecular formula is C60H99O11P. The molecule has 0 saturated carbocycles. The Bertz CT molecular complexity index is 1620. The third-order valence-corrected chi connectivity index (χ3v) is 12.1. The Morgan fingerprint density at radius 3 is 1.12 bits per heavy atom. The Labute approximate surface area is 437 Å². The molecule has 0 aromatic carbocycles. The minimum absolute atomic E-state index is 0.131. The van der Waals surface area contributed by atoms with Crippen LogP contribution < -0.4 is 0 Å². The third-order valence-electron chi connectivity index (χ3n) is 11.2. The number of phosphoric ester groups is 1.